The van der Waals surface area contributed by atoms with Crippen molar-refractivity contribution in [1.29, 1.82) is 0 Å². The van der Waals surface area contributed by atoms with Crippen molar-refractivity contribution in [3.63, 3.8) is 0 Å². The number of hydrogen-bond acceptors (Lipinski definition) is 1. The highest BCUT2D eigenvalue weighted by Gasteiger charge is 2.17. The first-order valence-corrected chi connectivity index (χ1v) is 7.70. The maximum Gasteiger partial charge on any atom is 0.129 e. The monoisotopic (exact) mass is 279 g/mol. The molecule has 2 heteroatoms. The second kappa shape index (κ2) is 7.21. The standard InChI is InChI=1S/C18H30FN/c1-13(2)20-10-9-18(5,6)8-7-16-11-14(3)17(19)15(4)12-16/h11-13,20H,7-10H2,1-6H3. The molecule has 20 heavy (non-hydrogen) atoms. The van der Waals surface area contributed by atoms with Crippen LogP contribution in [0.25, 0.3) is 0 Å². The minimum atomic E-state index is -0.0610. The smallest absolute Gasteiger partial charge is 0.129 e. The minimum absolute atomic E-state index is 0.0610. The lowest BCUT2D eigenvalue weighted by atomic mass is 9.83. The van der Waals surface area contributed by atoms with Crippen molar-refractivity contribution in [1.82, 2.24) is 5.32 Å². The van der Waals surface area contributed by atoms with Gasteiger partial charge in [0, 0.05) is 6.04 Å². The molecule has 1 nitrogen and oxygen atoms in total. The first-order chi connectivity index (χ1) is 9.21. The molecule has 0 bridgehead atoms. The van der Waals surface area contributed by atoms with E-state index in [0.29, 0.717) is 11.5 Å². The van der Waals surface area contributed by atoms with Crippen LogP contribution in [0.15, 0.2) is 12.1 Å². The van der Waals surface area contributed by atoms with Gasteiger partial charge in [-0.25, -0.2) is 4.39 Å². The second-order valence-electron chi connectivity index (χ2n) is 7.07. The molecule has 1 N–H and O–H groups in total. The molecule has 0 atom stereocenters. The van der Waals surface area contributed by atoms with E-state index >= 15 is 0 Å². The predicted molar refractivity (Wildman–Crippen MR) is 85.7 cm³/mol. The summed E-state index contributed by atoms with van der Waals surface area (Å²) in [6.07, 6.45) is 3.33. The largest absolute Gasteiger partial charge is 0.315 e. The fourth-order valence-corrected chi connectivity index (χ4v) is 2.49. The van der Waals surface area contributed by atoms with Gasteiger partial charge in [-0.15, -0.1) is 0 Å². The van der Waals surface area contributed by atoms with E-state index in [1.807, 2.05) is 26.0 Å². The van der Waals surface area contributed by atoms with Gasteiger partial charge in [0.05, 0.1) is 0 Å². The van der Waals surface area contributed by atoms with Crippen molar-refractivity contribution >= 4 is 0 Å². The van der Waals surface area contributed by atoms with Crippen LogP contribution in [0.1, 0.15) is 57.2 Å². The van der Waals surface area contributed by atoms with Crippen molar-refractivity contribution < 1.29 is 4.39 Å². The average molecular weight is 279 g/mol. The van der Waals surface area contributed by atoms with Crippen LogP contribution in [0, 0.1) is 25.1 Å². The van der Waals surface area contributed by atoms with E-state index in [9.17, 15) is 4.39 Å². The maximum atomic E-state index is 13.6. The summed E-state index contributed by atoms with van der Waals surface area (Å²) in [4.78, 5) is 0. The molecular formula is C18H30FN. The molecule has 0 saturated carbocycles. The lowest BCUT2D eigenvalue weighted by molar-refractivity contribution is 0.298. The molecule has 0 unspecified atom stereocenters. The van der Waals surface area contributed by atoms with E-state index in [1.165, 1.54) is 12.0 Å². The minimum Gasteiger partial charge on any atom is -0.315 e. The highest BCUT2D eigenvalue weighted by atomic mass is 19.1. The van der Waals surface area contributed by atoms with E-state index in [2.05, 4.69) is 33.0 Å². The SMILES string of the molecule is Cc1cc(CCC(C)(C)CCNC(C)C)cc(C)c1F. The van der Waals surface area contributed by atoms with Crippen molar-refractivity contribution in [2.75, 3.05) is 6.54 Å². The highest BCUT2D eigenvalue weighted by molar-refractivity contribution is 5.30. The summed E-state index contributed by atoms with van der Waals surface area (Å²) in [6.45, 7) is 13.8. The molecule has 0 fully saturated rings. The topological polar surface area (TPSA) is 12.0 Å². The van der Waals surface area contributed by atoms with Gasteiger partial charge in [-0.2, -0.15) is 0 Å². The van der Waals surface area contributed by atoms with Gasteiger partial charge < -0.3 is 5.32 Å². The van der Waals surface area contributed by atoms with E-state index in [4.69, 9.17) is 0 Å². The number of aryl methyl sites for hydroxylation is 3. The fourth-order valence-electron chi connectivity index (χ4n) is 2.49. The van der Waals surface area contributed by atoms with Crippen molar-refractivity contribution in [3.8, 4) is 0 Å². The number of halogens is 1. The summed E-state index contributed by atoms with van der Waals surface area (Å²) in [7, 11) is 0. The molecular weight excluding hydrogens is 249 g/mol. The summed E-state index contributed by atoms with van der Waals surface area (Å²) in [5.74, 6) is -0.0610. The van der Waals surface area contributed by atoms with Gasteiger partial charge in [0.25, 0.3) is 0 Å². The van der Waals surface area contributed by atoms with Crippen LogP contribution in [0.2, 0.25) is 0 Å². The van der Waals surface area contributed by atoms with Gasteiger partial charge in [0.2, 0.25) is 0 Å². The predicted octanol–water partition coefficient (Wildman–Crippen LogP) is 4.79. The highest BCUT2D eigenvalue weighted by Crippen LogP contribution is 2.27. The lowest BCUT2D eigenvalue weighted by Crippen LogP contribution is -2.28. The molecule has 0 aliphatic carbocycles. The number of hydrogen-bond donors (Lipinski definition) is 1. The van der Waals surface area contributed by atoms with Crippen LogP contribution in [-0.2, 0) is 6.42 Å². The van der Waals surface area contributed by atoms with Crippen LogP contribution in [0.5, 0.6) is 0 Å². The van der Waals surface area contributed by atoms with E-state index in [1.54, 1.807) is 0 Å². The Bertz CT molecular complexity index is 412. The van der Waals surface area contributed by atoms with Gasteiger partial charge in [0.1, 0.15) is 5.82 Å². The quantitative estimate of drug-likeness (QED) is 0.756. The third kappa shape index (κ3) is 5.62. The molecule has 0 amide bonds. The summed E-state index contributed by atoms with van der Waals surface area (Å²) < 4.78 is 13.6. The number of rotatable bonds is 7. The Morgan fingerprint density at radius 2 is 1.65 bits per heavy atom. The van der Waals surface area contributed by atoms with Gasteiger partial charge in [-0.1, -0.05) is 39.8 Å². The zero-order valence-corrected chi connectivity index (χ0v) is 13.9. The van der Waals surface area contributed by atoms with Crippen molar-refractivity contribution in [3.05, 3.63) is 34.6 Å². The molecule has 0 aliphatic rings. The van der Waals surface area contributed by atoms with Crippen molar-refractivity contribution in [2.24, 2.45) is 5.41 Å². The van der Waals surface area contributed by atoms with Gasteiger partial charge in [-0.3, -0.25) is 0 Å². The molecule has 0 saturated heterocycles. The normalized spacial score (nSPS) is 12.2. The average Bonchev–Trinajstić information content (AvgIpc) is 2.32. The summed E-state index contributed by atoms with van der Waals surface area (Å²) in [5, 5.41) is 3.48. The Labute approximate surface area is 124 Å². The second-order valence-corrected chi connectivity index (χ2v) is 7.07. The third-order valence-corrected chi connectivity index (χ3v) is 3.94. The van der Waals surface area contributed by atoms with Crippen LogP contribution in [-0.4, -0.2) is 12.6 Å². The van der Waals surface area contributed by atoms with E-state index < -0.39 is 0 Å². The molecule has 0 aromatic heterocycles. The molecule has 1 rings (SSSR count). The van der Waals surface area contributed by atoms with E-state index in [0.717, 1.165) is 30.5 Å². The first kappa shape index (κ1) is 17.2. The van der Waals surface area contributed by atoms with Crippen LogP contribution in [0.4, 0.5) is 4.39 Å². The Kier molecular flexibility index (Phi) is 6.19. The summed E-state index contributed by atoms with van der Waals surface area (Å²) in [5.41, 5.74) is 3.10. The Morgan fingerprint density at radius 1 is 1.10 bits per heavy atom. The molecule has 1 aromatic rings. The van der Waals surface area contributed by atoms with Crippen LogP contribution in [0.3, 0.4) is 0 Å². The van der Waals surface area contributed by atoms with Gasteiger partial charge in [0.15, 0.2) is 0 Å². The Hall–Kier alpha value is -0.890. The lowest BCUT2D eigenvalue weighted by Gasteiger charge is -2.25. The molecule has 0 aliphatic heterocycles. The van der Waals surface area contributed by atoms with Crippen molar-refractivity contribution in [2.45, 2.75) is 66.8 Å². The molecule has 0 radical (unpaired) electrons. The zero-order valence-electron chi connectivity index (χ0n) is 13.9. The number of nitrogens with one attached hydrogen (secondary N) is 1. The molecule has 114 valence electrons. The maximum absolute atomic E-state index is 13.6. The number of benzene rings is 1. The Morgan fingerprint density at radius 3 is 2.15 bits per heavy atom. The zero-order chi connectivity index (χ0) is 15.3. The molecule has 0 spiro atoms. The van der Waals surface area contributed by atoms with Crippen LogP contribution >= 0.6 is 0 Å². The third-order valence-electron chi connectivity index (χ3n) is 3.94. The molecule has 1 aromatic carbocycles. The fraction of sp³-hybridized carbons (Fsp3) is 0.667. The van der Waals surface area contributed by atoms with Gasteiger partial charge >= 0.3 is 0 Å². The van der Waals surface area contributed by atoms with E-state index in [-0.39, 0.29) is 5.82 Å². The summed E-state index contributed by atoms with van der Waals surface area (Å²) in [6, 6.07) is 4.53. The van der Waals surface area contributed by atoms with Crippen LogP contribution < -0.4 is 5.32 Å². The summed E-state index contributed by atoms with van der Waals surface area (Å²) >= 11 is 0. The Balaban J connectivity index is 2.53. The molecule has 0 heterocycles. The van der Waals surface area contributed by atoms with Gasteiger partial charge in [-0.05, 0) is 61.8 Å². The first-order valence-electron chi connectivity index (χ1n) is 7.70.